The maximum atomic E-state index is 5.67. The van der Waals surface area contributed by atoms with Crippen molar-refractivity contribution in [1.82, 2.24) is 15.3 Å². The molecule has 0 aliphatic carbocycles. The standard InChI is InChI=1S/C9H13ClN4/c1-7-6-14(3-2-11-7)9-5-12-8(10)4-13-9/h4-5,7,11H,2-3,6H2,1H3. The quantitative estimate of drug-likeness (QED) is 0.752. The Morgan fingerprint density at radius 1 is 1.50 bits per heavy atom. The average molecular weight is 213 g/mol. The lowest BCUT2D eigenvalue weighted by atomic mass is 10.2. The summed E-state index contributed by atoms with van der Waals surface area (Å²) in [6, 6.07) is 0.501. The van der Waals surface area contributed by atoms with Crippen molar-refractivity contribution in [1.29, 1.82) is 0 Å². The number of nitrogens with one attached hydrogen (secondary N) is 1. The minimum absolute atomic E-state index is 0.442. The number of halogens is 1. The topological polar surface area (TPSA) is 41.1 Å². The van der Waals surface area contributed by atoms with Crippen LogP contribution in [0.3, 0.4) is 0 Å². The van der Waals surface area contributed by atoms with Gasteiger partial charge < -0.3 is 10.2 Å². The summed E-state index contributed by atoms with van der Waals surface area (Å²) in [5.41, 5.74) is 0. The lowest BCUT2D eigenvalue weighted by molar-refractivity contribution is 0.482. The smallest absolute Gasteiger partial charge is 0.147 e. The van der Waals surface area contributed by atoms with Crippen LogP contribution < -0.4 is 10.2 Å². The second-order valence-electron chi connectivity index (χ2n) is 3.50. The molecule has 0 amide bonds. The molecule has 1 N–H and O–H groups in total. The first-order valence-electron chi connectivity index (χ1n) is 4.71. The van der Waals surface area contributed by atoms with E-state index in [-0.39, 0.29) is 0 Å². The van der Waals surface area contributed by atoms with Gasteiger partial charge in [0.2, 0.25) is 0 Å². The Hall–Kier alpha value is -0.870. The molecule has 1 aliphatic heterocycles. The number of piperazine rings is 1. The van der Waals surface area contributed by atoms with E-state index in [1.807, 2.05) is 0 Å². The lowest BCUT2D eigenvalue weighted by Gasteiger charge is -2.32. The molecule has 0 bridgehead atoms. The van der Waals surface area contributed by atoms with Gasteiger partial charge in [-0.25, -0.2) is 9.97 Å². The van der Waals surface area contributed by atoms with Crippen LogP contribution in [0.5, 0.6) is 0 Å². The normalized spacial score (nSPS) is 22.4. The Balaban J connectivity index is 2.10. The van der Waals surface area contributed by atoms with Crippen LogP contribution in [0, 0.1) is 0 Å². The monoisotopic (exact) mass is 212 g/mol. The number of hydrogen-bond acceptors (Lipinski definition) is 4. The van der Waals surface area contributed by atoms with Crippen LogP contribution in [0.25, 0.3) is 0 Å². The van der Waals surface area contributed by atoms with E-state index in [1.165, 1.54) is 0 Å². The molecule has 1 saturated heterocycles. The van der Waals surface area contributed by atoms with Gasteiger partial charge in [0.05, 0.1) is 12.4 Å². The number of rotatable bonds is 1. The third kappa shape index (κ3) is 2.13. The van der Waals surface area contributed by atoms with E-state index in [0.717, 1.165) is 25.5 Å². The highest BCUT2D eigenvalue weighted by Crippen LogP contribution is 2.12. The third-order valence-corrected chi connectivity index (χ3v) is 2.49. The number of anilines is 1. The van der Waals surface area contributed by atoms with E-state index >= 15 is 0 Å². The summed E-state index contributed by atoms with van der Waals surface area (Å²) in [5, 5.41) is 3.82. The lowest BCUT2D eigenvalue weighted by Crippen LogP contribution is -2.49. The molecular weight excluding hydrogens is 200 g/mol. The molecular formula is C9H13ClN4. The SMILES string of the molecule is CC1CN(c2cnc(Cl)cn2)CCN1. The summed E-state index contributed by atoms with van der Waals surface area (Å²) in [7, 11) is 0. The van der Waals surface area contributed by atoms with Crippen molar-refractivity contribution < 1.29 is 0 Å². The van der Waals surface area contributed by atoms with Gasteiger partial charge in [0.1, 0.15) is 11.0 Å². The summed E-state index contributed by atoms with van der Waals surface area (Å²) in [6.07, 6.45) is 3.31. The fourth-order valence-electron chi connectivity index (χ4n) is 1.61. The Labute approximate surface area is 88.3 Å². The van der Waals surface area contributed by atoms with Crippen LogP contribution in [0.1, 0.15) is 6.92 Å². The molecule has 1 aromatic heterocycles. The molecule has 1 aromatic rings. The van der Waals surface area contributed by atoms with E-state index in [9.17, 15) is 0 Å². The molecule has 2 heterocycles. The predicted octanol–water partition coefficient (Wildman–Crippen LogP) is 0.928. The van der Waals surface area contributed by atoms with Crippen LogP contribution in [-0.2, 0) is 0 Å². The van der Waals surface area contributed by atoms with Gasteiger partial charge in [-0.3, -0.25) is 0 Å². The highest BCUT2D eigenvalue weighted by atomic mass is 35.5. The molecule has 0 radical (unpaired) electrons. The highest BCUT2D eigenvalue weighted by molar-refractivity contribution is 6.29. The molecule has 0 aromatic carbocycles. The largest absolute Gasteiger partial charge is 0.353 e. The van der Waals surface area contributed by atoms with Gasteiger partial charge in [0, 0.05) is 25.7 Å². The summed E-state index contributed by atoms with van der Waals surface area (Å²) >= 11 is 5.67. The second kappa shape index (κ2) is 4.11. The first-order chi connectivity index (χ1) is 6.75. The minimum Gasteiger partial charge on any atom is -0.353 e. The van der Waals surface area contributed by atoms with E-state index < -0.39 is 0 Å². The number of nitrogens with zero attached hydrogens (tertiary/aromatic N) is 3. The molecule has 0 saturated carbocycles. The van der Waals surface area contributed by atoms with E-state index in [1.54, 1.807) is 12.4 Å². The third-order valence-electron chi connectivity index (χ3n) is 2.30. The molecule has 1 unspecified atom stereocenters. The van der Waals surface area contributed by atoms with Crippen molar-refractivity contribution in [2.45, 2.75) is 13.0 Å². The molecule has 1 fully saturated rings. The Bertz CT molecular complexity index is 300. The molecule has 1 aliphatic rings. The van der Waals surface area contributed by atoms with Gasteiger partial charge in [-0.15, -0.1) is 0 Å². The van der Waals surface area contributed by atoms with Gasteiger partial charge in [0.15, 0.2) is 0 Å². The van der Waals surface area contributed by atoms with E-state index in [0.29, 0.717) is 11.2 Å². The van der Waals surface area contributed by atoms with Crippen molar-refractivity contribution in [3.8, 4) is 0 Å². The number of hydrogen-bond donors (Lipinski definition) is 1. The van der Waals surface area contributed by atoms with E-state index in [4.69, 9.17) is 11.6 Å². The molecule has 1 atom stereocenters. The Morgan fingerprint density at radius 3 is 3.00 bits per heavy atom. The van der Waals surface area contributed by atoms with Gasteiger partial charge in [-0.1, -0.05) is 11.6 Å². The second-order valence-corrected chi connectivity index (χ2v) is 3.89. The number of aromatic nitrogens is 2. The highest BCUT2D eigenvalue weighted by Gasteiger charge is 2.16. The summed E-state index contributed by atoms with van der Waals surface area (Å²) in [5.74, 6) is 0.905. The van der Waals surface area contributed by atoms with Gasteiger partial charge in [-0.2, -0.15) is 0 Å². The first kappa shape index (κ1) is 9.68. The van der Waals surface area contributed by atoms with Crippen LogP contribution in [0.2, 0.25) is 5.15 Å². The van der Waals surface area contributed by atoms with Crippen molar-refractivity contribution in [2.24, 2.45) is 0 Å². The Kier molecular flexibility index (Phi) is 2.84. The Morgan fingerprint density at radius 2 is 2.36 bits per heavy atom. The fourth-order valence-corrected chi connectivity index (χ4v) is 1.71. The van der Waals surface area contributed by atoms with Crippen molar-refractivity contribution >= 4 is 17.4 Å². The van der Waals surface area contributed by atoms with Crippen molar-refractivity contribution in [3.63, 3.8) is 0 Å². The maximum absolute atomic E-state index is 5.67. The molecule has 2 rings (SSSR count). The van der Waals surface area contributed by atoms with Gasteiger partial charge >= 0.3 is 0 Å². The first-order valence-corrected chi connectivity index (χ1v) is 5.09. The van der Waals surface area contributed by atoms with E-state index in [2.05, 4.69) is 27.1 Å². The van der Waals surface area contributed by atoms with Gasteiger partial charge in [-0.05, 0) is 6.92 Å². The summed E-state index contributed by atoms with van der Waals surface area (Å²) in [6.45, 7) is 5.10. The molecule has 14 heavy (non-hydrogen) atoms. The van der Waals surface area contributed by atoms with Crippen LogP contribution in [0.15, 0.2) is 12.4 Å². The fraction of sp³-hybridized carbons (Fsp3) is 0.556. The minimum atomic E-state index is 0.442. The molecule has 0 spiro atoms. The molecule has 5 heteroatoms. The van der Waals surface area contributed by atoms with Crippen molar-refractivity contribution in [3.05, 3.63) is 17.5 Å². The zero-order valence-corrected chi connectivity index (χ0v) is 8.83. The summed E-state index contributed by atoms with van der Waals surface area (Å²) < 4.78 is 0. The van der Waals surface area contributed by atoms with Gasteiger partial charge in [0.25, 0.3) is 0 Å². The zero-order chi connectivity index (χ0) is 9.97. The van der Waals surface area contributed by atoms with Crippen LogP contribution in [0.4, 0.5) is 5.82 Å². The molecule has 4 nitrogen and oxygen atoms in total. The average Bonchev–Trinajstić information content (AvgIpc) is 2.19. The molecule has 76 valence electrons. The predicted molar refractivity (Wildman–Crippen MR) is 56.7 cm³/mol. The van der Waals surface area contributed by atoms with Crippen molar-refractivity contribution in [2.75, 3.05) is 24.5 Å². The zero-order valence-electron chi connectivity index (χ0n) is 8.07. The maximum Gasteiger partial charge on any atom is 0.147 e. The summed E-state index contributed by atoms with van der Waals surface area (Å²) in [4.78, 5) is 10.5. The van der Waals surface area contributed by atoms with Crippen LogP contribution >= 0.6 is 11.6 Å². The van der Waals surface area contributed by atoms with Crippen LogP contribution in [-0.4, -0.2) is 35.6 Å².